The first-order valence-electron chi connectivity index (χ1n) is 8.42. The summed E-state index contributed by atoms with van der Waals surface area (Å²) >= 11 is 0. The van der Waals surface area contributed by atoms with Crippen LogP contribution in [0.5, 0.6) is 0 Å². The Hall–Kier alpha value is -2.11. The minimum atomic E-state index is -0.445. The first-order chi connectivity index (χ1) is 11.1. The van der Waals surface area contributed by atoms with E-state index in [0.717, 1.165) is 18.9 Å². The van der Waals surface area contributed by atoms with Gasteiger partial charge in [0.25, 0.3) is 0 Å². The molecule has 1 aliphatic carbocycles. The van der Waals surface area contributed by atoms with E-state index in [2.05, 4.69) is 9.88 Å². The van der Waals surface area contributed by atoms with E-state index in [1.54, 1.807) is 18.3 Å². The Morgan fingerprint density at radius 1 is 1.17 bits per heavy atom. The smallest absolute Gasteiger partial charge is 0.248 e. The van der Waals surface area contributed by atoms with Gasteiger partial charge in [0.1, 0.15) is 5.82 Å². The zero-order chi connectivity index (χ0) is 16.2. The monoisotopic (exact) mass is 316 g/mol. The number of aromatic nitrogens is 1. The average Bonchev–Trinajstić information content (AvgIpc) is 3.08. The van der Waals surface area contributed by atoms with Gasteiger partial charge in [0.15, 0.2) is 0 Å². The van der Waals surface area contributed by atoms with Crippen molar-refractivity contribution in [3.63, 3.8) is 0 Å². The number of hydrogen-bond acceptors (Lipinski definition) is 4. The number of carbonyl (C=O) groups is 2. The SMILES string of the molecule is NC(=O)c1ccnc(N2CCN(C(=O)CC3CCCC3)CC2)c1. The Labute approximate surface area is 136 Å². The lowest BCUT2D eigenvalue weighted by Gasteiger charge is -2.36. The molecular formula is C17H24N4O2. The number of primary amides is 1. The van der Waals surface area contributed by atoms with Crippen molar-refractivity contribution in [2.24, 2.45) is 11.7 Å². The highest BCUT2D eigenvalue weighted by molar-refractivity contribution is 5.93. The molecule has 1 aliphatic heterocycles. The molecular weight excluding hydrogens is 292 g/mol. The fourth-order valence-corrected chi connectivity index (χ4v) is 3.52. The number of rotatable bonds is 4. The normalized spacial score (nSPS) is 19.1. The summed E-state index contributed by atoms with van der Waals surface area (Å²) in [5, 5.41) is 0. The zero-order valence-corrected chi connectivity index (χ0v) is 13.4. The molecule has 2 aliphatic rings. The van der Waals surface area contributed by atoms with Crippen molar-refractivity contribution in [2.45, 2.75) is 32.1 Å². The third-order valence-corrected chi connectivity index (χ3v) is 4.92. The standard InChI is InChI=1S/C17H24N4O2/c18-17(23)14-5-6-19-15(12-14)20-7-9-21(10-8-20)16(22)11-13-3-1-2-4-13/h5-6,12-13H,1-4,7-11H2,(H2,18,23). The highest BCUT2D eigenvalue weighted by Crippen LogP contribution is 2.28. The van der Waals surface area contributed by atoms with Crippen LogP contribution in [0.2, 0.25) is 0 Å². The Balaban J connectivity index is 1.54. The quantitative estimate of drug-likeness (QED) is 0.911. The Kier molecular flexibility index (Phi) is 4.79. The molecule has 0 aromatic carbocycles. The van der Waals surface area contributed by atoms with E-state index in [4.69, 9.17) is 5.73 Å². The molecule has 0 radical (unpaired) electrons. The molecule has 2 heterocycles. The van der Waals surface area contributed by atoms with Crippen molar-refractivity contribution >= 4 is 17.6 Å². The van der Waals surface area contributed by atoms with Crippen LogP contribution in [-0.4, -0.2) is 47.9 Å². The Morgan fingerprint density at radius 3 is 2.52 bits per heavy atom. The van der Waals surface area contributed by atoms with Gasteiger partial charge >= 0.3 is 0 Å². The van der Waals surface area contributed by atoms with Crippen molar-refractivity contribution in [1.82, 2.24) is 9.88 Å². The number of amides is 2. The minimum Gasteiger partial charge on any atom is -0.366 e. The lowest BCUT2D eigenvalue weighted by Crippen LogP contribution is -2.49. The Bertz CT molecular complexity index is 576. The second kappa shape index (κ2) is 6.98. The fraction of sp³-hybridized carbons (Fsp3) is 0.588. The molecule has 1 saturated heterocycles. The van der Waals surface area contributed by atoms with E-state index >= 15 is 0 Å². The predicted molar refractivity (Wildman–Crippen MR) is 88.1 cm³/mol. The minimum absolute atomic E-state index is 0.287. The first-order valence-corrected chi connectivity index (χ1v) is 8.42. The van der Waals surface area contributed by atoms with Crippen molar-refractivity contribution in [3.8, 4) is 0 Å². The van der Waals surface area contributed by atoms with E-state index in [0.29, 0.717) is 31.0 Å². The van der Waals surface area contributed by atoms with Crippen molar-refractivity contribution in [3.05, 3.63) is 23.9 Å². The molecule has 0 atom stereocenters. The lowest BCUT2D eigenvalue weighted by atomic mass is 10.0. The number of nitrogens with zero attached hydrogens (tertiary/aromatic N) is 3. The fourth-order valence-electron chi connectivity index (χ4n) is 3.52. The predicted octanol–water partition coefficient (Wildman–Crippen LogP) is 1.41. The van der Waals surface area contributed by atoms with Gasteiger partial charge in [0.2, 0.25) is 11.8 Å². The van der Waals surface area contributed by atoms with Crippen LogP contribution in [-0.2, 0) is 4.79 Å². The zero-order valence-electron chi connectivity index (χ0n) is 13.4. The van der Waals surface area contributed by atoms with E-state index in [1.165, 1.54) is 25.7 Å². The molecule has 0 spiro atoms. The third-order valence-electron chi connectivity index (χ3n) is 4.92. The number of piperazine rings is 1. The molecule has 0 bridgehead atoms. The van der Waals surface area contributed by atoms with Gasteiger partial charge in [-0.1, -0.05) is 12.8 Å². The summed E-state index contributed by atoms with van der Waals surface area (Å²) in [5.74, 6) is 1.19. The lowest BCUT2D eigenvalue weighted by molar-refractivity contribution is -0.132. The summed E-state index contributed by atoms with van der Waals surface area (Å²) in [6.45, 7) is 2.92. The topological polar surface area (TPSA) is 79.5 Å². The van der Waals surface area contributed by atoms with Crippen LogP contribution in [0.25, 0.3) is 0 Å². The molecule has 2 amide bonds. The molecule has 3 rings (SSSR count). The van der Waals surface area contributed by atoms with Gasteiger partial charge in [0, 0.05) is 44.4 Å². The highest BCUT2D eigenvalue weighted by Gasteiger charge is 2.25. The Morgan fingerprint density at radius 2 is 1.87 bits per heavy atom. The highest BCUT2D eigenvalue weighted by atomic mass is 16.2. The molecule has 2 N–H and O–H groups in total. The van der Waals surface area contributed by atoms with Crippen LogP contribution in [0.1, 0.15) is 42.5 Å². The summed E-state index contributed by atoms with van der Waals surface area (Å²) in [5.41, 5.74) is 5.78. The van der Waals surface area contributed by atoms with E-state index < -0.39 is 5.91 Å². The first kappa shape index (κ1) is 15.8. The molecule has 6 heteroatoms. The molecule has 2 fully saturated rings. The summed E-state index contributed by atoms with van der Waals surface area (Å²) < 4.78 is 0. The van der Waals surface area contributed by atoms with Gasteiger partial charge in [0.05, 0.1) is 0 Å². The largest absolute Gasteiger partial charge is 0.366 e. The molecule has 0 unspecified atom stereocenters. The van der Waals surface area contributed by atoms with Gasteiger partial charge in [-0.25, -0.2) is 4.98 Å². The van der Waals surface area contributed by atoms with E-state index in [1.807, 2.05) is 4.90 Å². The van der Waals surface area contributed by atoms with E-state index in [-0.39, 0.29) is 5.91 Å². The van der Waals surface area contributed by atoms with Gasteiger partial charge in [-0.15, -0.1) is 0 Å². The second-order valence-corrected chi connectivity index (χ2v) is 6.49. The van der Waals surface area contributed by atoms with Gasteiger partial charge in [-0.2, -0.15) is 0 Å². The van der Waals surface area contributed by atoms with Gasteiger partial charge in [-0.05, 0) is 30.9 Å². The second-order valence-electron chi connectivity index (χ2n) is 6.49. The molecule has 1 aromatic rings. The molecule has 124 valence electrons. The number of anilines is 1. The molecule has 1 saturated carbocycles. The summed E-state index contributed by atoms with van der Waals surface area (Å²) in [6.07, 6.45) is 7.26. The maximum atomic E-state index is 12.4. The maximum absolute atomic E-state index is 12.4. The summed E-state index contributed by atoms with van der Waals surface area (Å²) in [6, 6.07) is 3.34. The number of carbonyl (C=O) groups excluding carboxylic acids is 2. The van der Waals surface area contributed by atoms with Crippen molar-refractivity contribution in [1.29, 1.82) is 0 Å². The van der Waals surface area contributed by atoms with Gasteiger partial charge < -0.3 is 15.5 Å². The maximum Gasteiger partial charge on any atom is 0.248 e. The van der Waals surface area contributed by atoms with Crippen LogP contribution >= 0.6 is 0 Å². The number of hydrogen-bond donors (Lipinski definition) is 1. The summed E-state index contributed by atoms with van der Waals surface area (Å²) in [4.78, 5) is 32.0. The van der Waals surface area contributed by atoms with Crippen LogP contribution in [0.15, 0.2) is 18.3 Å². The van der Waals surface area contributed by atoms with Crippen LogP contribution in [0.4, 0.5) is 5.82 Å². The van der Waals surface area contributed by atoms with Crippen molar-refractivity contribution < 1.29 is 9.59 Å². The molecule has 1 aromatic heterocycles. The van der Waals surface area contributed by atoms with E-state index in [9.17, 15) is 9.59 Å². The number of nitrogens with two attached hydrogens (primary N) is 1. The van der Waals surface area contributed by atoms with Gasteiger partial charge in [-0.3, -0.25) is 9.59 Å². The van der Waals surface area contributed by atoms with Crippen LogP contribution < -0.4 is 10.6 Å². The number of pyridine rings is 1. The third kappa shape index (κ3) is 3.81. The van der Waals surface area contributed by atoms with Crippen LogP contribution in [0, 0.1) is 5.92 Å². The van der Waals surface area contributed by atoms with Crippen molar-refractivity contribution in [2.75, 3.05) is 31.1 Å². The average molecular weight is 316 g/mol. The molecule has 6 nitrogen and oxygen atoms in total. The molecule has 23 heavy (non-hydrogen) atoms. The van der Waals surface area contributed by atoms with Crippen LogP contribution in [0.3, 0.4) is 0 Å². The summed E-state index contributed by atoms with van der Waals surface area (Å²) in [7, 11) is 0.